The van der Waals surface area contributed by atoms with Gasteiger partial charge in [-0.05, 0) is 30.7 Å². The molecule has 1 N–H and O–H groups in total. The number of hydrogen-bond donors (Lipinski definition) is 1. The van der Waals surface area contributed by atoms with Crippen LogP contribution >= 0.6 is 23.2 Å². The largest absolute Gasteiger partial charge is 0.306 e. The van der Waals surface area contributed by atoms with Crippen molar-refractivity contribution in [2.45, 2.75) is 19.5 Å². The standard InChI is InChI=1S/C15H14Cl2N2O2/c1-10(11-4-2-5-12(16)8-11)18-9-13-14(17)6-3-7-15(13)19(20)21/h2-8,10,18H,9H2,1H3/t10-/m0/s1. The lowest BCUT2D eigenvalue weighted by molar-refractivity contribution is -0.385. The average molecular weight is 325 g/mol. The highest BCUT2D eigenvalue weighted by atomic mass is 35.5. The minimum atomic E-state index is -0.424. The van der Waals surface area contributed by atoms with E-state index < -0.39 is 4.92 Å². The van der Waals surface area contributed by atoms with Crippen LogP contribution in [0.4, 0.5) is 5.69 Å². The van der Waals surface area contributed by atoms with Gasteiger partial charge in [0.2, 0.25) is 0 Å². The van der Waals surface area contributed by atoms with Gasteiger partial charge in [-0.2, -0.15) is 0 Å². The first-order chi connectivity index (χ1) is 9.99. The van der Waals surface area contributed by atoms with Gasteiger partial charge in [0.1, 0.15) is 0 Å². The summed E-state index contributed by atoms with van der Waals surface area (Å²) >= 11 is 12.0. The average Bonchev–Trinajstić information content (AvgIpc) is 2.45. The van der Waals surface area contributed by atoms with Crippen LogP contribution in [0.5, 0.6) is 0 Å². The van der Waals surface area contributed by atoms with E-state index in [1.807, 2.05) is 25.1 Å². The van der Waals surface area contributed by atoms with Gasteiger partial charge in [0, 0.05) is 23.7 Å². The molecule has 0 bridgehead atoms. The maximum Gasteiger partial charge on any atom is 0.275 e. The molecule has 21 heavy (non-hydrogen) atoms. The molecule has 0 unspecified atom stereocenters. The van der Waals surface area contributed by atoms with Gasteiger partial charge >= 0.3 is 0 Å². The second-order valence-electron chi connectivity index (χ2n) is 4.65. The summed E-state index contributed by atoms with van der Waals surface area (Å²) in [5.74, 6) is 0. The van der Waals surface area contributed by atoms with Crippen LogP contribution in [0.1, 0.15) is 24.1 Å². The number of nitro benzene ring substituents is 1. The van der Waals surface area contributed by atoms with E-state index >= 15 is 0 Å². The molecule has 0 fully saturated rings. The zero-order chi connectivity index (χ0) is 15.4. The molecule has 0 spiro atoms. The number of halogens is 2. The fraction of sp³-hybridized carbons (Fsp3) is 0.200. The number of rotatable bonds is 5. The van der Waals surface area contributed by atoms with Crippen LogP contribution in [0.25, 0.3) is 0 Å². The molecule has 4 nitrogen and oxygen atoms in total. The predicted octanol–water partition coefficient (Wildman–Crippen LogP) is 4.75. The van der Waals surface area contributed by atoms with Crippen LogP contribution < -0.4 is 5.32 Å². The highest BCUT2D eigenvalue weighted by Gasteiger charge is 2.17. The number of nitrogens with zero attached hydrogens (tertiary/aromatic N) is 1. The van der Waals surface area contributed by atoms with Gasteiger partial charge in [0.05, 0.1) is 15.5 Å². The fourth-order valence-corrected chi connectivity index (χ4v) is 2.48. The van der Waals surface area contributed by atoms with Gasteiger partial charge in [-0.1, -0.05) is 41.4 Å². The van der Waals surface area contributed by atoms with E-state index in [1.165, 1.54) is 6.07 Å². The Hall–Kier alpha value is -1.62. The first-order valence-electron chi connectivity index (χ1n) is 6.39. The van der Waals surface area contributed by atoms with Crippen LogP contribution in [0.15, 0.2) is 42.5 Å². The molecule has 0 amide bonds. The highest BCUT2D eigenvalue weighted by molar-refractivity contribution is 6.31. The number of hydrogen-bond acceptors (Lipinski definition) is 3. The second-order valence-corrected chi connectivity index (χ2v) is 5.50. The molecule has 2 aromatic rings. The normalized spacial score (nSPS) is 12.1. The van der Waals surface area contributed by atoms with Crippen molar-refractivity contribution in [3.63, 3.8) is 0 Å². The molecule has 0 saturated carbocycles. The van der Waals surface area contributed by atoms with Crippen molar-refractivity contribution < 1.29 is 4.92 Å². The molecule has 110 valence electrons. The zero-order valence-corrected chi connectivity index (χ0v) is 12.9. The molecule has 0 aromatic heterocycles. The Kier molecular flexibility index (Phi) is 5.17. The Morgan fingerprint density at radius 2 is 1.95 bits per heavy atom. The van der Waals surface area contributed by atoms with Crippen LogP contribution in [-0.2, 0) is 6.54 Å². The monoisotopic (exact) mass is 324 g/mol. The van der Waals surface area contributed by atoms with Crippen LogP contribution in [0.2, 0.25) is 10.0 Å². The first kappa shape index (κ1) is 15.8. The summed E-state index contributed by atoms with van der Waals surface area (Å²) in [5, 5.41) is 15.3. The Morgan fingerprint density at radius 1 is 1.24 bits per heavy atom. The number of benzene rings is 2. The van der Waals surface area contributed by atoms with Gasteiger partial charge in [-0.25, -0.2) is 0 Å². The second kappa shape index (κ2) is 6.89. The first-order valence-corrected chi connectivity index (χ1v) is 7.15. The third kappa shape index (κ3) is 3.94. The van der Waals surface area contributed by atoms with Crippen molar-refractivity contribution >= 4 is 28.9 Å². The summed E-state index contributed by atoms with van der Waals surface area (Å²) < 4.78 is 0. The van der Waals surface area contributed by atoms with Crippen LogP contribution in [0, 0.1) is 10.1 Å². The smallest absolute Gasteiger partial charge is 0.275 e. The molecule has 0 radical (unpaired) electrons. The molecule has 1 atom stereocenters. The van der Waals surface area contributed by atoms with E-state index in [1.54, 1.807) is 18.2 Å². The molecular weight excluding hydrogens is 311 g/mol. The summed E-state index contributed by atoms with van der Waals surface area (Å²) in [6.45, 7) is 2.28. The van der Waals surface area contributed by atoms with E-state index in [0.717, 1.165) is 5.56 Å². The third-order valence-corrected chi connectivity index (χ3v) is 3.81. The number of nitrogens with one attached hydrogen (secondary N) is 1. The molecule has 0 aliphatic carbocycles. The minimum absolute atomic E-state index is 0.000392. The van der Waals surface area contributed by atoms with Crippen LogP contribution in [0.3, 0.4) is 0 Å². The van der Waals surface area contributed by atoms with E-state index in [0.29, 0.717) is 22.2 Å². The molecule has 0 aliphatic heterocycles. The Bertz CT molecular complexity index is 662. The molecule has 2 rings (SSSR count). The molecule has 2 aromatic carbocycles. The van der Waals surface area contributed by atoms with Gasteiger partial charge in [-0.3, -0.25) is 10.1 Å². The lowest BCUT2D eigenvalue weighted by Gasteiger charge is -2.15. The van der Waals surface area contributed by atoms with Gasteiger partial charge in [0.15, 0.2) is 0 Å². The lowest BCUT2D eigenvalue weighted by atomic mass is 10.1. The topological polar surface area (TPSA) is 55.2 Å². The van der Waals surface area contributed by atoms with Crippen molar-refractivity contribution in [2.24, 2.45) is 0 Å². The van der Waals surface area contributed by atoms with Gasteiger partial charge in [-0.15, -0.1) is 0 Å². The zero-order valence-electron chi connectivity index (χ0n) is 11.3. The molecule has 6 heteroatoms. The van der Waals surface area contributed by atoms with Crippen LogP contribution in [-0.4, -0.2) is 4.92 Å². The maximum atomic E-state index is 11.0. The summed E-state index contributed by atoms with van der Waals surface area (Å²) in [5.41, 5.74) is 1.52. The van der Waals surface area contributed by atoms with Crippen molar-refractivity contribution in [3.05, 3.63) is 73.8 Å². The quantitative estimate of drug-likeness (QED) is 0.637. The van der Waals surface area contributed by atoms with Crippen molar-refractivity contribution in [2.75, 3.05) is 0 Å². The van der Waals surface area contributed by atoms with Crippen molar-refractivity contribution in [3.8, 4) is 0 Å². The Morgan fingerprint density at radius 3 is 2.62 bits per heavy atom. The highest BCUT2D eigenvalue weighted by Crippen LogP contribution is 2.27. The molecule has 0 saturated heterocycles. The summed E-state index contributed by atoms with van der Waals surface area (Å²) in [6, 6.07) is 12.2. The van der Waals surface area contributed by atoms with E-state index in [-0.39, 0.29) is 11.7 Å². The summed E-state index contributed by atoms with van der Waals surface area (Å²) in [4.78, 5) is 10.6. The van der Waals surface area contributed by atoms with Gasteiger partial charge in [0.25, 0.3) is 5.69 Å². The Balaban J connectivity index is 2.15. The minimum Gasteiger partial charge on any atom is -0.306 e. The van der Waals surface area contributed by atoms with E-state index in [2.05, 4.69) is 5.32 Å². The molecule has 0 aliphatic rings. The summed E-state index contributed by atoms with van der Waals surface area (Å²) in [7, 11) is 0. The third-order valence-electron chi connectivity index (χ3n) is 3.22. The maximum absolute atomic E-state index is 11.0. The SMILES string of the molecule is C[C@H](NCc1c(Cl)cccc1[N+](=O)[O-])c1cccc(Cl)c1. The Labute approximate surface area is 132 Å². The van der Waals surface area contributed by atoms with E-state index in [4.69, 9.17) is 23.2 Å². The van der Waals surface area contributed by atoms with Gasteiger partial charge < -0.3 is 5.32 Å². The number of nitro groups is 1. The van der Waals surface area contributed by atoms with Crippen molar-refractivity contribution in [1.82, 2.24) is 5.32 Å². The van der Waals surface area contributed by atoms with Crippen molar-refractivity contribution in [1.29, 1.82) is 0 Å². The fourth-order valence-electron chi connectivity index (χ4n) is 2.04. The molecule has 0 heterocycles. The predicted molar refractivity (Wildman–Crippen MR) is 84.8 cm³/mol. The summed E-state index contributed by atoms with van der Waals surface area (Å²) in [6.07, 6.45) is 0. The molecular formula is C15H14Cl2N2O2. The van der Waals surface area contributed by atoms with E-state index in [9.17, 15) is 10.1 Å². The lowest BCUT2D eigenvalue weighted by Crippen LogP contribution is -2.19.